The molecule has 0 aliphatic rings. The number of anilines is 1. The molecule has 0 saturated carbocycles. The number of hydrogen-bond donors (Lipinski definition) is 1. The Morgan fingerprint density at radius 1 is 1.19 bits per heavy atom. The molecule has 0 saturated heterocycles. The Morgan fingerprint density at radius 3 is 2.62 bits per heavy atom. The van der Waals surface area contributed by atoms with Crippen molar-refractivity contribution in [3.8, 4) is 5.75 Å². The van der Waals surface area contributed by atoms with Crippen molar-refractivity contribution in [1.29, 1.82) is 0 Å². The number of benzene rings is 2. The van der Waals surface area contributed by atoms with Crippen molar-refractivity contribution < 1.29 is 9.66 Å². The number of non-ortho nitro benzene ring substituents is 1. The van der Waals surface area contributed by atoms with Gasteiger partial charge in [0.25, 0.3) is 5.69 Å². The minimum atomic E-state index is -0.427. The summed E-state index contributed by atoms with van der Waals surface area (Å²) in [7, 11) is 3.25. The molecule has 10 nitrogen and oxygen atoms in total. The van der Waals surface area contributed by atoms with E-state index in [-0.39, 0.29) is 17.4 Å². The molecular weight excluding hydrogens is 412 g/mol. The zero-order valence-electron chi connectivity index (χ0n) is 17.8. The Hall–Kier alpha value is -4.21. The maximum Gasteiger partial charge on any atom is 0.331 e. The zero-order valence-corrected chi connectivity index (χ0v) is 17.8. The second kappa shape index (κ2) is 8.50. The van der Waals surface area contributed by atoms with Gasteiger partial charge in [-0.05, 0) is 30.2 Å². The number of fused-ring (bicyclic) bond motifs is 1. The van der Waals surface area contributed by atoms with E-state index in [1.807, 2.05) is 31.2 Å². The third-order valence-corrected chi connectivity index (χ3v) is 5.27. The van der Waals surface area contributed by atoms with Crippen molar-refractivity contribution in [3.05, 3.63) is 86.5 Å². The van der Waals surface area contributed by atoms with Crippen LogP contribution >= 0.6 is 0 Å². The molecule has 4 rings (SSSR count). The Morgan fingerprint density at radius 2 is 1.94 bits per heavy atom. The third kappa shape index (κ3) is 4.02. The molecule has 0 aliphatic heterocycles. The number of hydrogen-bond acceptors (Lipinski definition) is 7. The number of aryl methyl sites for hydroxylation is 1. The summed E-state index contributed by atoms with van der Waals surface area (Å²) in [5.74, 6) is 1.21. The number of nitrogens with zero attached hydrogens (tertiary/aromatic N) is 5. The highest BCUT2D eigenvalue weighted by Gasteiger charge is 2.16. The largest absolute Gasteiger partial charge is 0.497 e. The smallest absolute Gasteiger partial charge is 0.331 e. The van der Waals surface area contributed by atoms with Gasteiger partial charge in [-0.1, -0.05) is 24.3 Å². The Kier molecular flexibility index (Phi) is 5.59. The first-order chi connectivity index (χ1) is 15.4. The van der Waals surface area contributed by atoms with E-state index in [0.717, 1.165) is 16.9 Å². The van der Waals surface area contributed by atoms with E-state index in [1.165, 1.54) is 16.7 Å². The van der Waals surface area contributed by atoms with Crippen LogP contribution < -0.4 is 15.7 Å². The number of nitro groups is 1. The molecule has 2 aromatic heterocycles. The van der Waals surface area contributed by atoms with Gasteiger partial charge in [0, 0.05) is 19.2 Å². The molecule has 0 bridgehead atoms. The van der Waals surface area contributed by atoms with Gasteiger partial charge in [0.15, 0.2) is 11.3 Å². The van der Waals surface area contributed by atoms with Crippen LogP contribution in [0.5, 0.6) is 5.75 Å². The fourth-order valence-corrected chi connectivity index (χ4v) is 3.49. The van der Waals surface area contributed by atoms with Gasteiger partial charge in [-0.25, -0.2) is 14.8 Å². The second-order valence-electron chi connectivity index (χ2n) is 7.40. The summed E-state index contributed by atoms with van der Waals surface area (Å²) < 4.78 is 8.20. The molecule has 0 unspecified atom stereocenters. The minimum Gasteiger partial charge on any atom is -0.497 e. The molecular formula is C22H22N6O4. The van der Waals surface area contributed by atoms with E-state index < -0.39 is 4.92 Å². The fourth-order valence-electron chi connectivity index (χ4n) is 3.49. The van der Waals surface area contributed by atoms with Gasteiger partial charge >= 0.3 is 5.69 Å². The van der Waals surface area contributed by atoms with Crippen molar-refractivity contribution in [3.63, 3.8) is 0 Å². The van der Waals surface area contributed by atoms with Gasteiger partial charge in [-0.2, -0.15) is 0 Å². The number of nitro benzene ring substituents is 1. The average molecular weight is 434 g/mol. The monoisotopic (exact) mass is 434 g/mol. The molecule has 0 fully saturated rings. The Bertz CT molecular complexity index is 1340. The Balaban J connectivity index is 1.62. The lowest BCUT2D eigenvalue weighted by Gasteiger charge is -2.14. The number of rotatable bonds is 7. The van der Waals surface area contributed by atoms with E-state index in [2.05, 4.69) is 15.3 Å². The van der Waals surface area contributed by atoms with Crippen LogP contribution in [0.15, 0.2) is 59.5 Å². The van der Waals surface area contributed by atoms with Gasteiger partial charge in [0.05, 0.1) is 30.8 Å². The van der Waals surface area contributed by atoms with Crippen molar-refractivity contribution in [2.24, 2.45) is 7.05 Å². The molecule has 1 atom stereocenters. The van der Waals surface area contributed by atoms with Crippen LogP contribution in [-0.2, 0) is 13.6 Å². The van der Waals surface area contributed by atoms with Crippen LogP contribution in [0.3, 0.4) is 0 Å². The summed E-state index contributed by atoms with van der Waals surface area (Å²) in [6.07, 6.45) is 1.56. The van der Waals surface area contributed by atoms with E-state index in [4.69, 9.17) is 4.74 Å². The molecule has 0 aliphatic carbocycles. The van der Waals surface area contributed by atoms with Crippen molar-refractivity contribution >= 4 is 22.8 Å². The minimum absolute atomic E-state index is 0.0238. The first kappa shape index (κ1) is 21.0. The summed E-state index contributed by atoms with van der Waals surface area (Å²) in [5, 5.41) is 14.2. The van der Waals surface area contributed by atoms with E-state index in [1.54, 1.807) is 37.1 Å². The summed E-state index contributed by atoms with van der Waals surface area (Å²) in [4.78, 5) is 32.5. The number of imidazole rings is 1. The molecule has 0 radical (unpaired) electrons. The van der Waals surface area contributed by atoms with Crippen molar-refractivity contribution in [2.45, 2.75) is 19.5 Å². The van der Waals surface area contributed by atoms with Crippen LogP contribution in [0.25, 0.3) is 11.3 Å². The molecule has 4 aromatic rings. The maximum absolute atomic E-state index is 12.8. The number of methoxy groups -OCH3 is 1. The predicted octanol–water partition coefficient (Wildman–Crippen LogP) is 3.27. The maximum atomic E-state index is 12.8. The summed E-state index contributed by atoms with van der Waals surface area (Å²) in [5.41, 5.74) is 2.40. The zero-order chi connectivity index (χ0) is 22.8. The quantitative estimate of drug-likeness (QED) is 0.350. The van der Waals surface area contributed by atoms with Gasteiger partial charge in [-0.3, -0.25) is 19.2 Å². The van der Waals surface area contributed by atoms with E-state index in [9.17, 15) is 14.9 Å². The lowest BCUT2D eigenvalue weighted by molar-refractivity contribution is -0.384. The van der Waals surface area contributed by atoms with Crippen LogP contribution in [0, 0.1) is 10.1 Å². The molecule has 0 amide bonds. The first-order valence-corrected chi connectivity index (χ1v) is 9.93. The molecule has 2 aromatic carbocycles. The standard InChI is InChI=1S/C22H22N6O4/c1-14(16-5-4-6-17(11-16)28(30)31)24-19-12-23-20-21(25-19)26(2)22(29)27(20)13-15-7-9-18(32-3)10-8-15/h4-12,14H,13H2,1-3H3,(H,24,25)/t14-/m0/s1. The summed E-state index contributed by atoms with van der Waals surface area (Å²) in [6.45, 7) is 2.23. The number of aromatic nitrogens is 4. The van der Waals surface area contributed by atoms with Crippen molar-refractivity contribution in [1.82, 2.24) is 19.1 Å². The highest BCUT2D eigenvalue weighted by atomic mass is 16.6. The lowest BCUT2D eigenvalue weighted by atomic mass is 10.1. The van der Waals surface area contributed by atoms with Crippen LogP contribution in [-0.4, -0.2) is 31.1 Å². The lowest BCUT2D eigenvalue weighted by Crippen LogP contribution is -2.22. The summed E-state index contributed by atoms with van der Waals surface area (Å²) in [6, 6.07) is 13.6. The normalized spacial score (nSPS) is 12.0. The molecule has 32 heavy (non-hydrogen) atoms. The van der Waals surface area contributed by atoms with Crippen LogP contribution in [0.1, 0.15) is 24.1 Å². The molecule has 1 N–H and O–H groups in total. The number of ether oxygens (including phenoxy) is 1. The van der Waals surface area contributed by atoms with Gasteiger partial charge in [0.1, 0.15) is 11.6 Å². The van der Waals surface area contributed by atoms with Crippen LogP contribution in [0.2, 0.25) is 0 Å². The molecule has 0 spiro atoms. The molecule has 164 valence electrons. The van der Waals surface area contributed by atoms with Crippen LogP contribution in [0.4, 0.5) is 11.5 Å². The number of nitrogens with one attached hydrogen (secondary N) is 1. The van der Waals surface area contributed by atoms with Gasteiger partial charge in [0.2, 0.25) is 0 Å². The second-order valence-corrected chi connectivity index (χ2v) is 7.40. The SMILES string of the molecule is COc1ccc(Cn2c(=O)n(C)c3nc(N[C@@H](C)c4cccc([N+](=O)[O-])c4)cnc32)cc1. The predicted molar refractivity (Wildman–Crippen MR) is 120 cm³/mol. The first-order valence-electron chi connectivity index (χ1n) is 9.93. The molecule has 10 heteroatoms. The van der Waals surface area contributed by atoms with E-state index >= 15 is 0 Å². The van der Waals surface area contributed by atoms with Gasteiger partial charge < -0.3 is 10.1 Å². The summed E-state index contributed by atoms with van der Waals surface area (Å²) >= 11 is 0. The third-order valence-electron chi connectivity index (χ3n) is 5.27. The van der Waals surface area contributed by atoms with E-state index in [0.29, 0.717) is 23.7 Å². The van der Waals surface area contributed by atoms with Crippen molar-refractivity contribution in [2.75, 3.05) is 12.4 Å². The average Bonchev–Trinajstić information content (AvgIpc) is 3.04. The topological polar surface area (TPSA) is 117 Å². The highest BCUT2D eigenvalue weighted by Crippen LogP contribution is 2.23. The fraction of sp³-hybridized carbons (Fsp3) is 0.227. The highest BCUT2D eigenvalue weighted by molar-refractivity contribution is 5.68. The van der Waals surface area contributed by atoms with Gasteiger partial charge in [-0.15, -0.1) is 0 Å². The molecule has 2 heterocycles. The Labute approximate surface area is 183 Å².